The van der Waals surface area contributed by atoms with Crippen LogP contribution in [0, 0.1) is 5.82 Å². The summed E-state index contributed by atoms with van der Waals surface area (Å²) in [5.41, 5.74) is -1.05. The molecule has 2 aromatic rings. The number of urea groups is 1. The van der Waals surface area contributed by atoms with Crippen LogP contribution in [0.2, 0.25) is 0 Å². The van der Waals surface area contributed by atoms with Gasteiger partial charge in [-0.05, 0) is 56.7 Å². The monoisotopic (exact) mass is 485 g/mol. The molecule has 1 atom stereocenters. The highest BCUT2D eigenvalue weighted by Crippen LogP contribution is 2.29. The average molecular weight is 485 g/mol. The van der Waals surface area contributed by atoms with Crippen molar-refractivity contribution in [2.75, 3.05) is 25.1 Å². The maximum atomic E-state index is 13.3. The molecule has 1 aliphatic heterocycles. The zero-order valence-electron chi connectivity index (χ0n) is 19.3. The molecule has 0 saturated carbocycles. The second-order valence-corrected chi connectivity index (χ2v) is 7.74. The summed E-state index contributed by atoms with van der Waals surface area (Å²) < 4.78 is 23.2. The number of amides is 4. The van der Waals surface area contributed by atoms with Gasteiger partial charge in [0, 0.05) is 5.69 Å². The fourth-order valence-corrected chi connectivity index (χ4v) is 3.53. The van der Waals surface area contributed by atoms with Crippen molar-refractivity contribution in [1.82, 2.24) is 10.2 Å². The predicted octanol–water partition coefficient (Wildman–Crippen LogP) is 2.58. The molecule has 184 valence electrons. The summed E-state index contributed by atoms with van der Waals surface area (Å²) >= 11 is 0. The SMILES string of the molecule is CCOC(=O)c1cc(NC(=O)CN2C(=O)NC(C)(c3ccc(F)cc3)C2=O)cc(C(=O)OCC)c1. The number of esters is 2. The van der Waals surface area contributed by atoms with E-state index in [0.29, 0.717) is 5.56 Å². The van der Waals surface area contributed by atoms with E-state index >= 15 is 0 Å². The van der Waals surface area contributed by atoms with Gasteiger partial charge in [0.15, 0.2) is 0 Å². The molecule has 1 saturated heterocycles. The smallest absolute Gasteiger partial charge is 0.338 e. The molecular weight excluding hydrogens is 461 g/mol. The molecule has 11 heteroatoms. The molecule has 1 unspecified atom stereocenters. The van der Waals surface area contributed by atoms with Gasteiger partial charge in [-0.25, -0.2) is 18.8 Å². The average Bonchev–Trinajstić information content (AvgIpc) is 3.03. The Labute approximate surface area is 200 Å². The van der Waals surface area contributed by atoms with Gasteiger partial charge in [-0.1, -0.05) is 12.1 Å². The van der Waals surface area contributed by atoms with Crippen molar-refractivity contribution in [2.24, 2.45) is 0 Å². The Bertz CT molecular complexity index is 1150. The number of benzene rings is 2. The van der Waals surface area contributed by atoms with Crippen LogP contribution in [-0.4, -0.2) is 54.4 Å². The second-order valence-electron chi connectivity index (χ2n) is 7.74. The van der Waals surface area contributed by atoms with Crippen molar-refractivity contribution in [3.05, 3.63) is 65.0 Å². The minimum Gasteiger partial charge on any atom is -0.462 e. The van der Waals surface area contributed by atoms with Crippen LogP contribution in [0.4, 0.5) is 14.9 Å². The minimum absolute atomic E-state index is 0.00609. The third-order valence-electron chi connectivity index (χ3n) is 5.24. The topological polar surface area (TPSA) is 131 Å². The lowest BCUT2D eigenvalue weighted by molar-refractivity contribution is -0.133. The van der Waals surface area contributed by atoms with Crippen LogP contribution in [0.3, 0.4) is 0 Å². The molecule has 0 aromatic heterocycles. The fourth-order valence-electron chi connectivity index (χ4n) is 3.53. The standard InChI is InChI=1S/C24H24FN3O7/c1-4-34-20(30)14-10-15(21(31)35-5-2)12-18(11-14)26-19(29)13-28-22(32)24(3,27-23(28)33)16-6-8-17(25)9-7-16/h6-12H,4-5,13H2,1-3H3,(H,26,29)(H,27,33). The maximum Gasteiger partial charge on any atom is 0.338 e. The van der Waals surface area contributed by atoms with Crippen LogP contribution in [-0.2, 0) is 24.6 Å². The van der Waals surface area contributed by atoms with Gasteiger partial charge in [-0.15, -0.1) is 0 Å². The van der Waals surface area contributed by atoms with E-state index in [1.54, 1.807) is 13.8 Å². The van der Waals surface area contributed by atoms with Crippen LogP contribution >= 0.6 is 0 Å². The van der Waals surface area contributed by atoms with Gasteiger partial charge in [0.25, 0.3) is 5.91 Å². The number of ether oxygens (including phenoxy) is 2. The van der Waals surface area contributed by atoms with E-state index in [1.165, 1.54) is 37.3 Å². The molecule has 4 amide bonds. The fraction of sp³-hybridized carbons (Fsp3) is 0.292. The number of nitrogens with one attached hydrogen (secondary N) is 2. The lowest BCUT2D eigenvalue weighted by Crippen LogP contribution is -2.42. The number of hydrogen-bond donors (Lipinski definition) is 2. The number of nitrogens with zero attached hydrogens (tertiary/aromatic N) is 1. The number of hydrogen-bond acceptors (Lipinski definition) is 7. The maximum absolute atomic E-state index is 13.3. The Morgan fingerprint density at radius 2 is 1.51 bits per heavy atom. The Morgan fingerprint density at radius 1 is 0.971 bits per heavy atom. The first-order valence-electron chi connectivity index (χ1n) is 10.8. The van der Waals surface area contributed by atoms with E-state index < -0.39 is 47.7 Å². The van der Waals surface area contributed by atoms with Crippen LogP contribution in [0.15, 0.2) is 42.5 Å². The molecule has 0 radical (unpaired) electrons. The molecule has 0 spiro atoms. The Hall–Kier alpha value is -4.28. The largest absolute Gasteiger partial charge is 0.462 e. The highest BCUT2D eigenvalue weighted by Gasteiger charge is 2.49. The summed E-state index contributed by atoms with van der Waals surface area (Å²) in [6, 6.07) is 8.13. The third kappa shape index (κ3) is 5.45. The quantitative estimate of drug-likeness (QED) is 0.434. The van der Waals surface area contributed by atoms with Gasteiger partial charge in [0.2, 0.25) is 5.91 Å². The van der Waals surface area contributed by atoms with Crippen molar-refractivity contribution < 1.29 is 37.8 Å². The van der Waals surface area contributed by atoms with Gasteiger partial charge >= 0.3 is 18.0 Å². The van der Waals surface area contributed by atoms with E-state index in [-0.39, 0.29) is 30.0 Å². The van der Waals surface area contributed by atoms with Crippen molar-refractivity contribution >= 4 is 35.5 Å². The molecule has 1 fully saturated rings. The summed E-state index contributed by atoms with van der Waals surface area (Å²) in [4.78, 5) is 63.3. The summed E-state index contributed by atoms with van der Waals surface area (Å²) in [7, 11) is 0. The van der Waals surface area contributed by atoms with Gasteiger partial charge in [-0.2, -0.15) is 0 Å². The number of carbonyl (C=O) groups is 5. The highest BCUT2D eigenvalue weighted by atomic mass is 19.1. The Kier molecular flexibility index (Phi) is 7.48. The van der Waals surface area contributed by atoms with Crippen molar-refractivity contribution in [2.45, 2.75) is 26.3 Å². The number of anilines is 1. The lowest BCUT2D eigenvalue weighted by Gasteiger charge is -2.22. The first-order chi connectivity index (χ1) is 16.6. The van der Waals surface area contributed by atoms with E-state index in [4.69, 9.17) is 9.47 Å². The molecule has 1 heterocycles. The highest BCUT2D eigenvalue weighted by molar-refractivity contribution is 6.10. The second kappa shape index (κ2) is 10.3. The van der Waals surface area contributed by atoms with E-state index in [1.807, 2.05) is 0 Å². The van der Waals surface area contributed by atoms with Crippen LogP contribution in [0.5, 0.6) is 0 Å². The van der Waals surface area contributed by atoms with Crippen molar-refractivity contribution in [3.8, 4) is 0 Å². The predicted molar refractivity (Wildman–Crippen MR) is 121 cm³/mol. The zero-order chi connectivity index (χ0) is 25.8. The molecule has 10 nitrogen and oxygen atoms in total. The van der Waals surface area contributed by atoms with Crippen molar-refractivity contribution in [3.63, 3.8) is 0 Å². The van der Waals surface area contributed by atoms with Crippen LogP contribution < -0.4 is 10.6 Å². The minimum atomic E-state index is -1.48. The summed E-state index contributed by atoms with van der Waals surface area (Å²) in [5, 5.41) is 5.01. The van der Waals surface area contributed by atoms with Gasteiger partial charge in [0.05, 0.1) is 24.3 Å². The van der Waals surface area contributed by atoms with Gasteiger partial charge in [-0.3, -0.25) is 14.5 Å². The number of imide groups is 1. The molecule has 35 heavy (non-hydrogen) atoms. The summed E-state index contributed by atoms with van der Waals surface area (Å²) in [6.07, 6.45) is 0. The molecule has 1 aliphatic rings. The molecule has 2 aromatic carbocycles. The molecule has 0 bridgehead atoms. The third-order valence-corrected chi connectivity index (χ3v) is 5.24. The number of carbonyl (C=O) groups excluding carboxylic acids is 5. The van der Waals surface area contributed by atoms with Crippen LogP contribution in [0.1, 0.15) is 47.1 Å². The van der Waals surface area contributed by atoms with Gasteiger partial charge < -0.3 is 20.1 Å². The summed E-state index contributed by atoms with van der Waals surface area (Å²) in [6.45, 7) is 4.25. The Morgan fingerprint density at radius 3 is 2.03 bits per heavy atom. The van der Waals surface area contributed by atoms with E-state index in [2.05, 4.69) is 10.6 Å². The van der Waals surface area contributed by atoms with E-state index in [0.717, 1.165) is 17.0 Å². The summed E-state index contributed by atoms with van der Waals surface area (Å²) in [5.74, 6) is -3.38. The first-order valence-corrected chi connectivity index (χ1v) is 10.8. The molecule has 0 aliphatic carbocycles. The van der Waals surface area contributed by atoms with Gasteiger partial charge in [0.1, 0.15) is 17.9 Å². The molecule has 3 rings (SSSR count). The zero-order valence-corrected chi connectivity index (χ0v) is 19.3. The first kappa shape index (κ1) is 25.3. The van der Waals surface area contributed by atoms with Crippen molar-refractivity contribution in [1.29, 1.82) is 0 Å². The number of halogens is 1. The Balaban J connectivity index is 1.80. The van der Waals surface area contributed by atoms with Crippen LogP contribution in [0.25, 0.3) is 0 Å². The normalized spacial score (nSPS) is 17.1. The molecular formula is C24H24FN3O7. The molecule has 2 N–H and O–H groups in total. The van der Waals surface area contributed by atoms with E-state index in [9.17, 15) is 28.4 Å². The number of rotatable bonds is 8. The lowest BCUT2D eigenvalue weighted by atomic mass is 9.92.